The second-order valence-electron chi connectivity index (χ2n) is 5.02. The number of carboxylic acids is 1. The molecule has 128 valence electrons. The molecule has 7 nitrogen and oxygen atoms in total. The maximum atomic E-state index is 12.7. The first-order chi connectivity index (χ1) is 11.9. The number of benzene rings is 2. The van der Waals surface area contributed by atoms with E-state index in [1.54, 1.807) is 47.4 Å². The van der Waals surface area contributed by atoms with Gasteiger partial charge in [-0.2, -0.15) is 5.10 Å². The zero-order valence-corrected chi connectivity index (χ0v) is 15.0. The van der Waals surface area contributed by atoms with Crippen LogP contribution in [0.1, 0.15) is 10.4 Å². The standard InChI is InChI=1S/C16H12BrN3O4S/c17-12-10-11(16(21)22)6-7-15(12)25(23,24)19-13-4-1-2-5-14(13)20-9-3-8-18-20/h1-10,19H,(H,21,22). The largest absolute Gasteiger partial charge is 0.478 e. The molecule has 0 aliphatic carbocycles. The number of para-hydroxylation sites is 2. The number of hydrogen-bond donors (Lipinski definition) is 2. The second-order valence-corrected chi connectivity index (χ2v) is 7.53. The third-order valence-corrected chi connectivity index (χ3v) is 5.71. The highest BCUT2D eigenvalue weighted by molar-refractivity contribution is 9.10. The van der Waals surface area contributed by atoms with Gasteiger partial charge in [0.2, 0.25) is 0 Å². The number of rotatable bonds is 5. The minimum atomic E-state index is -3.93. The van der Waals surface area contributed by atoms with Crippen molar-refractivity contribution in [3.05, 3.63) is 71.0 Å². The molecule has 0 saturated carbocycles. The molecule has 1 aromatic heterocycles. The lowest BCUT2D eigenvalue weighted by Crippen LogP contribution is -2.15. The topological polar surface area (TPSA) is 101 Å². The van der Waals surface area contributed by atoms with E-state index in [4.69, 9.17) is 5.11 Å². The lowest BCUT2D eigenvalue weighted by atomic mass is 10.2. The van der Waals surface area contributed by atoms with Crippen molar-refractivity contribution in [1.82, 2.24) is 9.78 Å². The molecule has 0 atom stereocenters. The average molecular weight is 422 g/mol. The summed E-state index contributed by atoms with van der Waals surface area (Å²) in [6.45, 7) is 0. The van der Waals surface area contributed by atoms with Gasteiger partial charge in [0.15, 0.2) is 0 Å². The predicted molar refractivity (Wildman–Crippen MR) is 95.5 cm³/mol. The molecule has 0 bridgehead atoms. The van der Waals surface area contributed by atoms with Crippen molar-refractivity contribution in [2.75, 3.05) is 4.72 Å². The first-order valence-corrected chi connectivity index (χ1v) is 9.31. The summed E-state index contributed by atoms with van der Waals surface area (Å²) in [4.78, 5) is 10.9. The van der Waals surface area contributed by atoms with Crippen LogP contribution in [-0.4, -0.2) is 29.3 Å². The Hall–Kier alpha value is -2.65. The highest BCUT2D eigenvalue weighted by atomic mass is 79.9. The van der Waals surface area contributed by atoms with Crippen LogP contribution in [0, 0.1) is 0 Å². The van der Waals surface area contributed by atoms with E-state index in [9.17, 15) is 13.2 Å². The van der Waals surface area contributed by atoms with Crippen molar-refractivity contribution in [3.63, 3.8) is 0 Å². The normalized spacial score (nSPS) is 11.2. The fourth-order valence-electron chi connectivity index (χ4n) is 2.22. The van der Waals surface area contributed by atoms with E-state index in [0.717, 1.165) is 0 Å². The summed E-state index contributed by atoms with van der Waals surface area (Å²) in [5.41, 5.74) is 0.900. The number of nitrogens with one attached hydrogen (secondary N) is 1. The Morgan fingerprint density at radius 3 is 2.56 bits per heavy atom. The molecule has 3 aromatic rings. The lowest BCUT2D eigenvalue weighted by molar-refractivity contribution is 0.0696. The van der Waals surface area contributed by atoms with Gasteiger partial charge in [0.1, 0.15) is 4.90 Å². The van der Waals surface area contributed by atoms with Crippen LogP contribution in [-0.2, 0) is 10.0 Å². The van der Waals surface area contributed by atoms with Gasteiger partial charge in [-0.25, -0.2) is 17.9 Å². The van der Waals surface area contributed by atoms with Gasteiger partial charge in [-0.05, 0) is 52.3 Å². The number of hydrogen-bond acceptors (Lipinski definition) is 4. The van der Waals surface area contributed by atoms with E-state index >= 15 is 0 Å². The number of nitrogens with zero attached hydrogens (tertiary/aromatic N) is 2. The minimum Gasteiger partial charge on any atom is -0.478 e. The van der Waals surface area contributed by atoms with Crippen molar-refractivity contribution < 1.29 is 18.3 Å². The van der Waals surface area contributed by atoms with Gasteiger partial charge in [0.05, 0.1) is 16.9 Å². The molecular weight excluding hydrogens is 410 g/mol. The van der Waals surface area contributed by atoms with Crippen LogP contribution < -0.4 is 4.72 Å². The van der Waals surface area contributed by atoms with Gasteiger partial charge in [0.25, 0.3) is 10.0 Å². The number of halogens is 1. The Morgan fingerprint density at radius 1 is 1.16 bits per heavy atom. The van der Waals surface area contributed by atoms with E-state index in [0.29, 0.717) is 11.4 Å². The van der Waals surface area contributed by atoms with E-state index in [2.05, 4.69) is 25.8 Å². The Kier molecular flexibility index (Phi) is 4.60. The van der Waals surface area contributed by atoms with E-state index < -0.39 is 16.0 Å². The first kappa shape index (κ1) is 17.2. The summed E-state index contributed by atoms with van der Waals surface area (Å²) in [5.74, 6) is -1.14. The quantitative estimate of drug-likeness (QED) is 0.658. The van der Waals surface area contributed by atoms with Gasteiger partial charge in [-0.15, -0.1) is 0 Å². The van der Waals surface area contributed by atoms with Crippen molar-refractivity contribution in [2.24, 2.45) is 0 Å². The highest BCUT2D eigenvalue weighted by Gasteiger charge is 2.20. The zero-order chi connectivity index (χ0) is 18.0. The SMILES string of the molecule is O=C(O)c1ccc(S(=O)(=O)Nc2ccccc2-n2cccn2)c(Br)c1. The monoisotopic (exact) mass is 421 g/mol. The predicted octanol–water partition coefficient (Wildman–Crippen LogP) is 3.13. The maximum Gasteiger partial charge on any atom is 0.335 e. The van der Waals surface area contributed by atoms with Gasteiger partial charge in [0, 0.05) is 16.9 Å². The van der Waals surface area contributed by atoms with Crippen molar-refractivity contribution >= 4 is 37.6 Å². The number of carbonyl (C=O) groups is 1. The molecule has 2 aromatic carbocycles. The van der Waals surface area contributed by atoms with Gasteiger partial charge < -0.3 is 5.11 Å². The number of anilines is 1. The third-order valence-electron chi connectivity index (χ3n) is 3.37. The molecule has 1 heterocycles. The summed E-state index contributed by atoms with van der Waals surface area (Å²) in [7, 11) is -3.93. The lowest BCUT2D eigenvalue weighted by Gasteiger charge is -2.13. The van der Waals surface area contributed by atoms with Crippen LogP contribution in [0.4, 0.5) is 5.69 Å². The minimum absolute atomic E-state index is 0.0113. The molecule has 0 aliphatic heterocycles. The van der Waals surface area contributed by atoms with Gasteiger partial charge in [-0.1, -0.05) is 12.1 Å². The number of carboxylic acid groups (broad SMARTS) is 1. The molecule has 0 fully saturated rings. The third kappa shape index (κ3) is 3.57. The Morgan fingerprint density at radius 2 is 1.92 bits per heavy atom. The van der Waals surface area contributed by atoms with E-state index in [-0.39, 0.29) is 14.9 Å². The molecular formula is C16H12BrN3O4S. The summed E-state index contributed by atoms with van der Waals surface area (Å²) in [6, 6.07) is 12.3. The smallest absolute Gasteiger partial charge is 0.335 e. The molecule has 0 spiro atoms. The Labute approximate surface area is 152 Å². The molecule has 3 rings (SSSR count). The van der Waals surface area contributed by atoms with E-state index in [1.165, 1.54) is 18.2 Å². The van der Waals surface area contributed by atoms with Crippen LogP contribution in [0.2, 0.25) is 0 Å². The molecule has 0 radical (unpaired) electrons. The summed E-state index contributed by atoms with van der Waals surface area (Å²) < 4.78 is 29.6. The van der Waals surface area contributed by atoms with Crippen LogP contribution in [0.25, 0.3) is 5.69 Å². The van der Waals surface area contributed by atoms with Crippen molar-refractivity contribution in [1.29, 1.82) is 0 Å². The molecule has 0 aliphatic rings. The van der Waals surface area contributed by atoms with Crippen LogP contribution in [0.3, 0.4) is 0 Å². The van der Waals surface area contributed by atoms with Crippen LogP contribution in [0.5, 0.6) is 0 Å². The second kappa shape index (κ2) is 6.69. The Bertz CT molecular complexity index is 1030. The molecule has 0 unspecified atom stereocenters. The fourth-order valence-corrected chi connectivity index (χ4v) is 4.38. The van der Waals surface area contributed by atoms with Gasteiger partial charge >= 0.3 is 5.97 Å². The zero-order valence-electron chi connectivity index (χ0n) is 12.6. The number of aromatic carboxylic acids is 1. The van der Waals surface area contributed by atoms with Crippen molar-refractivity contribution in [3.8, 4) is 5.69 Å². The van der Waals surface area contributed by atoms with Gasteiger partial charge in [-0.3, -0.25) is 4.72 Å². The number of aromatic nitrogens is 2. The molecule has 0 saturated heterocycles. The number of sulfonamides is 1. The van der Waals surface area contributed by atoms with Crippen LogP contribution >= 0.6 is 15.9 Å². The summed E-state index contributed by atoms with van der Waals surface area (Å²) >= 11 is 3.12. The fraction of sp³-hybridized carbons (Fsp3) is 0. The first-order valence-electron chi connectivity index (χ1n) is 7.03. The average Bonchev–Trinajstić information content (AvgIpc) is 3.08. The maximum absolute atomic E-state index is 12.7. The van der Waals surface area contributed by atoms with E-state index in [1.807, 2.05) is 0 Å². The molecule has 0 amide bonds. The highest BCUT2D eigenvalue weighted by Crippen LogP contribution is 2.27. The molecule has 25 heavy (non-hydrogen) atoms. The summed E-state index contributed by atoms with van der Waals surface area (Å²) in [6.07, 6.45) is 3.29. The summed E-state index contributed by atoms with van der Waals surface area (Å²) in [5, 5.41) is 13.1. The molecule has 2 N–H and O–H groups in total. The van der Waals surface area contributed by atoms with Crippen molar-refractivity contribution in [2.45, 2.75) is 4.90 Å². The Balaban J connectivity index is 2.00. The van der Waals surface area contributed by atoms with Crippen LogP contribution in [0.15, 0.2) is 70.3 Å². The molecule has 9 heteroatoms.